The summed E-state index contributed by atoms with van der Waals surface area (Å²) < 4.78 is 0. The van der Waals surface area contributed by atoms with Crippen LogP contribution in [0.4, 0.5) is 0 Å². The molecule has 2 aromatic rings. The number of nitrogens with zero attached hydrogens (tertiary/aromatic N) is 1. The van der Waals surface area contributed by atoms with E-state index in [1.165, 1.54) is 11.1 Å². The van der Waals surface area contributed by atoms with Gasteiger partial charge in [-0.2, -0.15) is 0 Å². The van der Waals surface area contributed by atoms with Gasteiger partial charge in [-0.15, -0.1) is 0 Å². The van der Waals surface area contributed by atoms with Gasteiger partial charge in [0.2, 0.25) is 5.91 Å². The maximum atomic E-state index is 11.8. The number of amides is 1. The summed E-state index contributed by atoms with van der Waals surface area (Å²) in [5.74, 6) is 0.182. The van der Waals surface area contributed by atoms with E-state index in [2.05, 4.69) is 48.5 Å². The fraction of sp³-hybridized carbons (Fsp3) is 0.350. The van der Waals surface area contributed by atoms with E-state index >= 15 is 0 Å². The zero-order chi connectivity index (χ0) is 15.6. The van der Waals surface area contributed by atoms with E-state index in [4.69, 9.17) is 0 Å². The molecule has 116 valence electrons. The number of rotatable bonds is 8. The van der Waals surface area contributed by atoms with E-state index in [-0.39, 0.29) is 5.91 Å². The van der Waals surface area contributed by atoms with Gasteiger partial charge in [-0.05, 0) is 36.8 Å². The SMILES string of the molecule is CC(=O)N(CCCc1ccccc1)CCCc1ccccc1. The Kier molecular flexibility index (Phi) is 6.69. The molecule has 0 saturated heterocycles. The molecule has 2 rings (SSSR count). The van der Waals surface area contributed by atoms with Crippen LogP contribution in [-0.2, 0) is 17.6 Å². The molecule has 0 atom stereocenters. The van der Waals surface area contributed by atoms with Crippen molar-refractivity contribution in [1.29, 1.82) is 0 Å². The van der Waals surface area contributed by atoms with Gasteiger partial charge in [0.15, 0.2) is 0 Å². The lowest BCUT2D eigenvalue weighted by molar-refractivity contribution is -0.129. The lowest BCUT2D eigenvalue weighted by atomic mass is 10.1. The van der Waals surface area contributed by atoms with Gasteiger partial charge < -0.3 is 4.90 Å². The number of benzene rings is 2. The van der Waals surface area contributed by atoms with Crippen molar-refractivity contribution >= 4 is 5.91 Å². The van der Waals surface area contributed by atoms with Crippen LogP contribution >= 0.6 is 0 Å². The Balaban J connectivity index is 1.72. The summed E-state index contributed by atoms with van der Waals surface area (Å²) in [5, 5.41) is 0. The molecule has 0 bridgehead atoms. The summed E-state index contributed by atoms with van der Waals surface area (Å²) in [5.41, 5.74) is 2.69. The minimum Gasteiger partial charge on any atom is -0.343 e. The van der Waals surface area contributed by atoms with Crippen molar-refractivity contribution in [3.8, 4) is 0 Å². The van der Waals surface area contributed by atoms with E-state index in [0.717, 1.165) is 38.8 Å². The Labute approximate surface area is 133 Å². The first-order valence-corrected chi connectivity index (χ1v) is 8.09. The molecule has 0 saturated carbocycles. The smallest absolute Gasteiger partial charge is 0.219 e. The van der Waals surface area contributed by atoms with Crippen molar-refractivity contribution in [1.82, 2.24) is 4.90 Å². The largest absolute Gasteiger partial charge is 0.343 e. The Morgan fingerprint density at radius 1 is 0.773 bits per heavy atom. The van der Waals surface area contributed by atoms with Crippen LogP contribution in [0.15, 0.2) is 60.7 Å². The molecule has 2 nitrogen and oxygen atoms in total. The second-order valence-electron chi connectivity index (χ2n) is 5.68. The minimum atomic E-state index is 0.182. The van der Waals surface area contributed by atoms with Crippen molar-refractivity contribution in [2.24, 2.45) is 0 Å². The predicted molar refractivity (Wildman–Crippen MR) is 91.8 cm³/mol. The zero-order valence-electron chi connectivity index (χ0n) is 13.4. The van der Waals surface area contributed by atoms with Crippen molar-refractivity contribution in [3.05, 3.63) is 71.8 Å². The van der Waals surface area contributed by atoms with Gasteiger partial charge >= 0.3 is 0 Å². The first kappa shape index (κ1) is 16.3. The third-order valence-corrected chi connectivity index (χ3v) is 3.92. The van der Waals surface area contributed by atoms with E-state index in [1.54, 1.807) is 6.92 Å². The second kappa shape index (κ2) is 9.04. The second-order valence-corrected chi connectivity index (χ2v) is 5.68. The van der Waals surface area contributed by atoms with Crippen molar-refractivity contribution in [3.63, 3.8) is 0 Å². The third kappa shape index (κ3) is 5.72. The van der Waals surface area contributed by atoms with Gasteiger partial charge in [0.05, 0.1) is 0 Å². The first-order chi connectivity index (χ1) is 10.8. The average Bonchev–Trinajstić information content (AvgIpc) is 2.55. The highest BCUT2D eigenvalue weighted by molar-refractivity contribution is 5.73. The quantitative estimate of drug-likeness (QED) is 0.718. The summed E-state index contributed by atoms with van der Waals surface area (Å²) in [7, 11) is 0. The molecular formula is C20H25NO. The summed E-state index contributed by atoms with van der Waals surface area (Å²) in [6.07, 6.45) is 4.11. The van der Waals surface area contributed by atoms with Crippen LogP contribution in [0.1, 0.15) is 30.9 Å². The molecule has 2 aromatic carbocycles. The molecule has 2 heteroatoms. The Morgan fingerprint density at radius 3 is 1.55 bits per heavy atom. The van der Waals surface area contributed by atoms with Crippen LogP contribution in [0.3, 0.4) is 0 Å². The predicted octanol–water partition coefficient (Wildman–Crippen LogP) is 4.10. The molecule has 0 radical (unpaired) electrons. The van der Waals surface area contributed by atoms with Crippen LogP contribution in [0.25, 0.3) is 0 Å². The lowest BCUT2D eigenvalue weighted by Gasteiger charge is -2.21. The molecule has 0 aliphatic rings. The van der Waals surface area contributed by atoms with Crippen LogP contribution < -0.4 is 0 Å². The topological polar surface area (TPSA) is 20.3 Å². The maximum absolute atomic E-state index is 11.8. The molecule has 0 N–H and O–H groups in total. The molecule has 0 aliphatic heterocycles. The normalized spacial score (nSPS) is 10.4. The highest BCUT2D eigenvalue weighted by Gasteiger charge is 2.08. The zero-order valence-corrected chi connectivity index (χ0v) is 13.4. The van der Waals surface area contributed by atoms with E-state index in [9.17, 15) is 4.79 Å². The molecule has 0 fully saturated rings. The fourth-order valence-electron chi connectivity index (χ4n) is 2.66. The van der Waals surface area contributed by atoms with Gasteiger partial charge in [0.25, 0.3) is 0 Å². The molecule has 0 heterocycles. The van der Waals surface area contributed by atoms with Crippen LogP contribution in [0, 0.1) is 0 Å². The molecular weight excluding hydrogens is 270 g/mol. The number of hydrogen-bond acceptors (Lipinski definition) is 1. The van der Waals surface area contributed by atoms with E-state index in [0.29, 0.717) is 0 Å². The van der Waals surface area contributed by atoms with Gasteiger partial charge in [0, 0.05) is 20.0 Å². The summed E-state index contributed by atoms with van der Waals surface area (Å²) in [4.78, 5) is 13.7. The van der Waals surface area contributed by atoms with Gasteiger partial charge in [0.1, 0.15) is 0 Å². The Hall–Kier alpha value is -2.09. The number of hydrogen-bond donors (Lipinski definition) is 0. The third-order valence-electron chi connectivity index (χ3n) is 3.92. The van der Waals surface area contributed by atoms with Crippen molar-refractivity contribution in [2.45, 2.75) is 32.6 Å². The van der Waals surface area contributed by atoms with E-state index < -0.39 is 0 Å². The van der Waals surface area contributed by atoms with Crippen molar-refractivity contribution < 1.29 is 4.79 Å². The number of carbonyl (C=O) groups excluding carboxylic acids is 1. The first-order valence-electron chi connectivity index (χ1n) is 8.09. The number of carbonyl (C=O) groups is 1. The molecule has 0 unspecified atom stereocenters. The van der Waals surface area contributed by atoms with Crippen LogP contribution in [0.5, 0.6) is 0 Å². The summed E-state index contributed by atoms with van der Waals surface area (Å²) in [6, 6.07) is 20.9. The van der Waals surface area contributed by atoms with Gasteiger partial charge in [-0.3, -0.25) is 4.79 Å². The monoisotopic (exact) mass is 295 g/mol. The summed E-state index contributed by atoms with van der Waals surface area (Å²) in [6.45, 7) is 3.36. The summed E-state index contributed by atoms with van der Waals surface area (Å²) >= 11 is 0. The molecule has 22 heavy (non-hydrogen) atoms. The molecule has 0 spiro atoms. The Morgan fingerprint density at radius 2 is 1.18 bits per heavy atom. The van der Waals surface area contributed by atoms with Crippen LogP contribution in [0.2, 0.25) is 0 Å². The minimum absolute atomic E-state index is 0.182. The highest BCUT2D eigenvalue weighted by atomic mass is 16.2. The highest BCUT2D eigenvalue weighted by Crippen LogP contribution is 2.07. The lowest BCUT2D eigenvalue weighted by Crippen LogP contribution is -2.31. The number of aryl methyl sites for hydroxylation is 2. The van der Waals surface area contributed by atoms with Gasteiger partial charge in [-0.25, -0.2) is 0 Å². The maximum Gasteiger partial charge on any atom is 0.219 e. The molecule has 0 aromatic heterocycles. The van der Waals surface area contributed by atoms with Gasteiger partial charge in [-0.1, -0.05) is 60.7 Å². The fourth-order valence-corrected chi connectivity index (χ4v) is 2.66. The molecule has 1 amide bonds. The Bertz CT molecular complexity index is 505. The van der Waals surface area contributed by atoms with E-state index in [1.807, 2.05) is 17.0 Å². The van der Waals surface area contributed by atoms with Crippen molar-refractivity contribution in [2.75, 3.05) is 13.1 Å². The standard InChI is InChI=1S/C20H25NO/c1-18(22)21(16-8-14-19-10-4-2-5-11-19)17-9-15-20-12-6-3-7-13-20/h2-7,10-13H,8-9,14-17H2,1H3. The average molecular weight is 295 g/mol. The molecule has 0 aliphatic carbocycles. The van der Waals surface area contributed by atoms with Crippen LogP contribution in [-0.4, -0.2) is 23.9 Å².